The lowest BCUT2D eigenvalue weighted by atomic mass is 9.78. The van der Waals surface area contributed by atoms with E-state index in [9.17, 15) is 8.42 Å². The van der Waals surface area contributed by atoms with E-state index in [1.54, 1.807) is 0 Å². The van der Waals surface area contributed by atoms with Crippen molar-refractivity contribution in [3.63, 3.8) is 0 Å². The molecule has 1 N–H and O–H groups in total. The second-order valence-electron chi connectivity index (χ2n) is 5.97. The summed E-state index contributed by atoms with van der Waals surface area (Å²) in [4.78, 5) is 0. The Bertz CT molecular complexity index is 306. The van der Waals surface area contributed by atoms with Crippen molar-refractivity contribution in [1.29, 1.82) is 0 Å². The summed E-state index contributed by atoms with van der Waals surface area (Å²) in [5, 5.41) is 3.53. The van der Waals surface area contributed by atoms with Crippen LogP contribution in [0.5, 0.6) is 0 Å². The summed E-state index contributed by atoms with van der Waals surface area (Å²) in [5.41, 5.74) is 0.263. The van der Waals surface area contributed by atoms with Gasteiger partial charge in [-0.3, -0.25) is 0 Å². The summed E-state index contributed by atoms with van der Waals surface area (Å²) < 4.78 is 22.4. The lowest BCUT2D eigenvalue weighted by Crippen LogP contribution is -2.35. The van der Waals surface area contributed by atoms with Crippen molar-refractivity contribution >= 4 is 9.84 Å². The quantitative estimate of drug-likeness (QED) is 0.668. The number of sulfone groups is 1. The molecule has 0 aliphatic heterocycles. The number of rotatable bonds is 10. The molecule has 0 saturated carbocycles. The Kier molecular flexibility index (Phi) is 8.11. The highest BCUT2D eigenvalue weighted by atomic mass is 32.2. The minimum absolute atomic E-state index is 0.263. The molecule has 0 saturated heterocycles. The third kappa shape index (κ3) is 8.09. The zero-order valence-corrected chi connectivity index (χ0v) is 13.6. The van der Waals surface area contributed by atoms with E-state index in [1.807, 2.05) is 0 Å². The maximum atomic E-state index is 11.2. The summed E-state index contributed by atoms with van der Waals surface area (Å²) >= 11 is 0. The van der Waals surface area contributed by atoms with E-state index in [2.05, 4.69) is 33.0 Å². The molecule has 4 heteroatoms. The minimum atomic E-state index is -2.82. The monoisotopic (exact) mass is 277 g/mol. The van der Waals surface area contributed by atoms with E-state index in [4.69, 9.17) is 0 Å². The van der Waals surface area contributed by atoms with Crippen molar-refractivity contribution in [3.8, 4) is 0 Å². The number of hydrogen-bond donors (Lipinski definition) is 1. The second kappa shape index (κ2) is 8.16. The van der Waals surface area contributed by atoms with Gasteiger partial charge in [0.15, 0.2) is 0 Å². The number of hydrogen-bond acceptors (Lipinski definition) is 3. The topological polar surface area (TPSA) is 46.2 Å². The van der Waals surface area contributed by atoms with Gasteiger partial charge in [0, 0.05) is 18.6 Å². The molecule has 0 heterocycles. The van der Waals surface area contributed by atoms with Crippen molar-refractivity contribution in [2.75, 3.05) is 25.1 Å². The van der Waals surface area contributed by atoms with Crippen LogP contribution >= 0.6 is 0 Å². The highest BCUT2D eigenvalue weighted by Gasteiger charge is 2.25. The Morgan fingerprint density at radius 2 is 1.72 bits per heavy atom. The molecule has 3 nitrogen and oxygen atoms in total. The predicted molar refractivity (Wildman–Crippen MR) is 79.7 cm³/mol. The lowest BCUT2D eigenvalue weighted by molar-refractivity contribution is 0.223. The Balaban J connectivity index is 4.24. The van der Waals surface area contributed by atoms with E-state index in [0.717, 1.165) is 38.8 Å². The first-order valence-electron chi connectivity index (χ1n) is 7.13. The van der Waals surface area contributed by atoms with Crippen molar-refractivity contribution in [2.45, 2.75) is 53.4 Å². The summed E-state index contributed by atoms with van der Waals surface area (Å²) in [7, 11) is -2.82. The first-order valence-corrected chi connectivity index (χ1v) is 9.19. The van der Waals surface area contributed by atoms with Gasteiger partial charge in [0.25, 0.3) is 0 Å². The highest BCUT2D eigenvalue weighted by molar-refractivity contribution is 7.90. The van der Waals surface area contributed by atoms with Gasteiger partial charge in [-0.05, 0) is 43.6 Å². The van der Waals surface area contributed by atoms with Gasteiger partial charge in [0.1, 0.15) is 9.84 Å². The zero-order chi connectivity index (χ0) is 14.2. The van der Waals surface area contributed by atoms with Crippen LogP contribution in [0.25, 0.3) is 0 Å². The molecule has 0 aromatic rings. The van der Waals surface area contributed by atoms with Crippen LogP contribution < -0.4 is 5.32 Å². The maximum absolute atomic E-state index is 11.2. The minimum Gasteiger partial charge on any atom is -0.316 e. The summed E-state index contributed by atoms with van der Waals surface area (Å²) in [6.45, 7) is 10.9. The molecule has 0 aliphatic rings. The molecule has 0 fully saturated rings. The molecule has 0 rings (SSSR count). The van der Waals surface area contributed by atoms with Crippen LogP contribution in [0, 0.1) is 11.3 Å². The standard InChI is InChI=1S/C14H31NO2S/c1-6-14(7-2,12-15-11-13(3)4)9-8-10-18(5,16)17/h13,15H,6-12H2,1-5H3. The highest BCUT2D eigenvalue weighted by Crippen LogP contribution is 2.31. The van der Waals surface area contributed by atoms with E-state index in [0.29, 0.717) is 11.7 Å². The van der Waals surface area contributed by atoms with Crippen molar-refractivity contribution < 1.29 is 8.42 Å². The average Bonchev–Trinajstić information content (AvgIpc) is 2.25. The van der Waals surface area contributed by atoms with Gasteiger partial charge in [-0.1, -0.05) is 27.7 Å². The first kappa shape index (κ1) is 17.9. The van der Waals surface area contributed by atoms with Crippen LogP contribution in [0.15, 0.2) is 0 Å². The molecule has 0 aromatic heterocycles. The molecule has 0 unspecified atom stereocenters. The normalized spacial score (nSPS) is 13.2. The molecule has 0 spiro atoms. The van der Waals surface area contributed by atoms with Crippen LogP contribution in [0.3, 0.4) is 0 Å². The maximum Gasteiger partial charge on any atom is 0.147 e. The Labute approximate surface area is 114 Å². The van der Waals surface area contributed by atoms with Crippen molar-refractivity contribution in [2.24, 2.45) is 11.3 Å². The molecule has 110 valence electrons. The molecule has 0 aromatic carbocycles. The fraction of sp³-hybridized carbons (Fsp3) is 1.00. The van der Waals surface area contributed by atoms with Crippen LogP contribution in [0.2, 0.25) is 0 Å². The van der Waals surface area contributed by atoms with E-state index < -0.39 is 9.84 Å². The molecular weight excluding hydrogens is 246 g/mol. The Hall–Kier alpha value is -0.0900. The predicted octanol–water partition coefficient (Wildman–Crippen LogP) is 2.86. The molecule has 0 amide bonds. The van der Waals surface area contributed by atoms with Gasteiger partial charge in [0.05, 0.1) is 0 Å². The van der Waals surface area contributed by atoms with Gasteiger partial charge in [-0.25, -0.2) is 8.42 Å². The Morgan fingerprint density at radius 3 is 2.11 bits per heavy atom. The molecular formula is C14H31NO2S. The van der Waals surface area contributed by atoms with Crippen LogP contribution in [-0.4, -0.2) is 33.5 Å². The van der Waals surface area contributed by atoms with Crippen LogP contribution in [0.4, 0.5) is 0 Å². The van der Waals surface area contributed by atoms with E-state index in [-0.39, 0.29) is 5.41 Å². The average molecular weight is 277 g/mol. The summed E-state index contributed by atoms with van der Waals surface area (Å²) in [6, 6.07) is 0. The SMILES string of the molecule is CCC(CC)(CCCS(C)(=O)=O)CNCC(C)C. The third-order valence-corrected chi connectivity index (χ3v) is 4.81. The smallest absolute Gasteiger partial charge is 0.147 e. The van der Waals surface area contributed by atoms with E-state index in [1.165, 1.54) is 6.26 Å². The van der Waals surface area contributed by atoms with Gasteiger partial charge in [-0.2, -0.15) is 0 Å². The molecule has 18 heavy (non-hydrogen) atoms. The first-order chi connectivity index (χ1) is 8.24. The second-order valence-corrected chi connectivity index (χ2v) is 8.23. The molecule has 0 bridgehead atoms. The van der Waals surface area contributed by atoms with E-state index >= 15 is 0 Å². The van der Waals surface area contributed by atoms with Crippen LogP contribution in [-0.2, 0) is 9.84 Å². The van der Waals surface area contributed by atoms with Gasteiger partial charge < -0.3 is 5.32 Å². The summed E-state index contributed by atoms with van der Waals surface area (Å²) in [5.74, 6) is 0.978. The van der Waals surface area contributed by atoms with Gasteiger partial charge in [-0.15, -0.1) is 0 Å². The van der Waals surface area contributed by atoms with Crippen molar-refractivity contribution in [1.82, 2.24) is 5.32 Å². The van der Waals surface area contributed by atoms with Gasteiger partial charge >= 0.3 is 0 Å². The lowest BCUT2D eigenvalue weighted by Gasteiger charge is -2.32. The molecule has 0 radical (unpaired) electrons. The van der Waals surface area contributed by atoms with Crippen molar-refractivity contribution in [3.05, 3.63) is 0 Å². The fourth-order valence-electron chi connectivity index (χ4n) is 2.28. The van der Waals surface area contributed by atoms with Gasteiger partial charge in [0.2, 0.25) is 0 Å². The largest absolute Gasteiger partial charge is 0.316 e. The number of nitrogens with one attached hydrogen (secondary N) is 1. The van der Waals surface area contributed by atoms with Crippen LogP contribution in [0.1, 0.15) is 53.4 Å². The fourth-order valence-corrected chi connectivity index (χ4v) is 2.95. The Morgan fingerprint density at radius 1 is 1.17 bits per heavy atom. The molecule has 0 aliphatic carbocycles. The zero-order valence-electron chi connectivity index (χ0n) is 12.8. The molecule has 0 atom stereocenters. The third-order valence-electron chi connectivity index (χ3n) is 3.77. The summed E-state index contributed by atoms with van der Waals surface area (Å²) in [6.07, 6.45) is 5.32.